The predicted molar refractivity (Wildman–Crippen MR) is 103 cm³/mol. The number of rotatable bonds is 5. The van der Waals surface area contributed by atoms with Crippen LogP contribution in [0, 0.1) is 6.92 Å². The van der Waals surface area contributed by atoms with Crippen molar-refractivity contribution in [1.29, 1.82) is 0 Å². The van der Waals surface area contributed by atoms with Crippen molar-refractivity contribution >= 4 is 33.8 Å². The number of carbonyl (C=O) groups excluding carboxylic acids is 1. The molecule has 0 saturated heterocycles. The molecule has 6 nitrogen and oxygen atoms in total. The van der Waals surface area contributed by atoms with Gasteiger partial charge in [-0.3, -0.25) is 9.78 Å². The van der Waals surface area contributed by atoms with Crippen LogP contribution in [0.3, 0.4) is 0 Å². The minimum absolute atomic E-state index is 0.253. The molecule has 4 rings (SSSR count). The summed E-state index contributed by atoms with van der Waals surface area (Å²) in [6, 6.07) is 9.31. The zero-order valence-electron chi connectivity index (χ0n) is 14.4. The minimum atomic E-state index is -0.253. The Labute approximate surface area is 155 Å². The molecule has 1 aliphatic rings. The van der Waals surface area contributed by atoms with Gasteiger partial charge in [0.25, 0.3) is 5.91 Å². The van der Waals surface area contributed by atoms with Gasteiger partial charge in [0, 0.05) is 17.8 Å². The number of nitrogens with zero attached hydrogens (tertiary/aromatic N) is 3. The van der Waals surface area contributed by atoms with Crippen LogP contribution in [-0.4, -0.2) is 20.9 Å². The first-order valence-electron chi connectivity index (χ1n) is 8.62. The smallest absolute Gasteiger partial charge is 0.278 e. The molecular weight excluding hydrogens is 346 g/mol. The maximum Gasteiger partial charge on any atom is 0.278 e. The number of hydrogen-bond acceptors (Lipinski definition) is 6. The Balaban J connectivity index is 1.62. The van der Waals surface area contributed by atoms with Gasteiger partial charge in [-0.15, -0.1) is 11.3 Å². The quantitative estimate of drug-likeness (QED) is 0.696. The third kappa shape index (κ3) is 3.57. The second-order valence-corrected chi connectivity index (χ2v) is 7.37. The van der Waals surface area contributed by atoms with E-state index in [0.29, 0.717) is 17.4 Å². The number of nitrogens with one attached hydrogen (secondary N) is 2. The predicted octanol–water partition coefficient (Wildman–Crippen LogP) is 4.50. The van der Waals surface area contributed by atoms with Crippen LogP contribution in [0.1, 0.15) is 46.4 Å². The highest BCUT2D eigenvalue weighted by molar-refractivity contribution is 7.16. The monoisotopic (exact) mass is 365 g/mol. The summed E-state index contributed by atoms with van der Waals surface area (Å²) in [6.45, 7) is 1.89. The van der Waals surface area contributed by atoms with Crippen LogP contribution in [0.25, 0.3) is 0 Å². The SMILES string of the molecule is Cc1cccc(NC(=O)c2nc(C3CCC3)sc2Nc2cccnc2)n1. The molecule has 0 aromatic carbocycles. The Kier molecular flexibility index (Phi) is 4.62. The van der Waals surface area contributed by atoms with Crippen molar-refractivity contribution in [1.82, 2.24) is 15.0 Å². The van der Waals surface area contributed by atoms with E-state index in [1.165, 1.54) is 6.42 Å². The Morgan fingerprint density at radius 1 is 1.19 bits per heavy atom. The minimum Gasteiger partial charge on any atom is -0.344 e. The number of pyridine rings is 2. The summed E-state index contributed by atoms with van der Waals surface area (Å²) in [6.07, 6.45) is 6.95. The molecule has 132 valence electrons. The van der Waals surface area contributed by atoms with Gasteiger partial charge < -0.3 is 10.6 Å². The normalized spacial score (nSPS) is 13.9. The summed E-state index contributed by atoms with van der Waals surface area (Å²) < 4.78 is 0. The van der Waals surface area contributed by atoms with E-state index in [2.05, 4.69) is 25.6 Å². The second kappa shape index (κ2) is 7.21. The van der Waals surface area contributed by atoms with Crippen molar-refractivity contribution in [3.63, 3.8) is 0 Å². The fraction of sp³-hybridized carbons (Fsp3) is 0.263. The van der Waals surface area contributed by atoms with E-state index in [9.17, 15) is 4.79 Å². The Bertz CT molecular complexity index is 921. The molecule has 0 unspecified atom stereocenters. The Hall–Kier alpha value is -2.80. The van der Waals surface area contributed by atoms with Gasteiger partial charge in [-0.1, -0.05) is 12.5 Å². The van der Waals surface area contributed by atoms with E-state index in [-0.39, 0.29) is 5.91 Å². The molecule has 0 atom stereocenters. The molecule has 3 heterocycles. The lowest BCUT2D eigenvalue weighted by molar-refractivity contribution is 0.102. The van der Waals surface area contributed by atoms with Crippen LogP contribution >= 0.6 is 11.3 Å². The van der Waals surface area contributed by atoms with Crippen LogP contribution < -0.4 is 10.6 Å². The number of hydrogen-bond donors (Lipinski definition) is 2. The zero-order valence-corrected chi connectivity index (χ0v) is 15.2. The maximum atomic E-state index is 12.8. The molecule has 0 aliphatic heterocycles. The van der Waals surface area contributed by atoms with Crippen molar-refractivity contribution in [3.05, 3.63) is 59.1 Å². The third-order valence-electron chi connectivity index (χ3n) is 4.36. The second-order valence-electron chi connectivity index (χ2n) is 6.34. The molecule has 26 heavy (non-hydrogen) atoms. The molecule has 1 amide bonds. The Morgan fingerprint density at radius 2 is 2.08 bits per heavy atom. The average Bonchev–Trinajstić information content (AvgIpc) is 2.97. The zero-order chi connectivity index (χ0) is 17.9. The largest absolute Gasteiger partial charge is 0.344 e. The summed E-state index contributed by atoms with van der Waals surface area (Å²) in [7, 11) is 0. The summed E-state index contributed by atoms with van der Waals surface area (Å²) >= 11 is 1.55. The molecule has 2 N–H and O–H groups in total. The molecule has 0 bridgehead atoms. The number of amides is 1. The third-order valence-corrected chi connectivity index (χ3v) is 5.50. The molecule has 0 spiro atoms. The van der Waals surface area contributed by atoms with Gasteiger partial charge in [0.15, 0.2) is 5.69 Å². The highest BCUT2D eigenvalue weighted by atomic mass is 32.1. The molecule has 1 aliphatic carbocycles. The number of anilines is 3. The number of aryl methyl sites for hydroxylation is 1. The summed E-state index contributed by atoms with van der Waals surface area (Å²) in [4.78, 5) is 25.9. The topological polar surface area (TPSA) is 79.8 Å². The highest BCUT2D eigenvalue weighted by Crippen LogP contribution is 2.41. The van der Waals surface area contributed by atoms with E-state index in [1.54, 1.807) is 29.8 Å². The first kappa shape index (κ1) is 16.7. The van der Waals surface area contributed by atoms with E-state index in [1.807, 2.05) is 31.2 Å². The lowest BCUT2D eigenvalue weighted by atomic mass is 9.86. The van der Waals surface area contributed by atoms with Crippen molar-refractivity contribution in [2.24, 2.45) is 0 Å². The van der Waals surface area contributed by atoms with Crippen molar-refractivity contribution in [2.75, 3.05) is 10.6 Å². The molecule has 1 fully saturated rings. The molecular formula is C19H19N5OS. The van der Waals surface area contributed by atoms with Gasteiger partial charge in [-0.25, -0.2) is 9.97 Å². The van der Waals surface area contributed by atoms with E-state index < -0.39 is 0 Å². The fourth-order valence-corrected chi connectivity index (χ4v) is 3.91. The van der Waals surface area contributed by atoms with E-state index in [4.69, 9.17) is 0 Å². The highest BCUT2D eigenvalue weighted by Gasteiger charge is 2.27. The summed E-state index contributed by atoms with van der Waals surface area (Å²) in [5.41, 5.74) is 2.09. The van der Waals surface area contributed by atoms with Crippen LogP contribution in [0.15, 0.2) is 42.7 Å². The first-order valence-corrected chi connectivity index (χ1v) is 9.43. The van der Waals surface area contributed by atoms with Crippen LogP contribution in [0.2, 0.25) is 0 Å². The number of thiazole rings is 1. The van der Waals surface area contributed by atoms with E-state index >= 15 is 0 Å². The summed E-state index contributed by atoms with van der Waals surface area (Å²) in [5.74, 6) is 0.741. The van der Waals surface area contributed by atoms with Crippen LogP contribution in [-0.2, 0) is 0 Å². The average molecular weight is 365 g/mol. The van der Waals surface area contributed by atoms with Crippen molar-refractivity contribution in [3.8, 4) is 0 Å². The molecule has 1 saturated carbocycles. The van der Waals surface area contributed by atoms with Gasteiger partial charge in [-0.2, -0.15) is 0 Å². The van der Waals surface area contributed by atoms with E-state index in [0.717, 1.165) is 34.2 Å². The standard InChI is InChI=1S/C19H19N5OS/c1-12-5-2-9-15(21-12)23-17(25)16-19(22-14-8-4-10-20-11-14)26-18(24-16)13-6-3-7-13/h2,4-5,8-11,13,22H,3,6-7H2,1H3,(H,21,23,25). The van der Waals surface area contributed by atoms with Gasteiger partial charge in [-0.05, 0) is 44.0 Å². The van der Waals surface area contributed by atoms with Crippen molar-refractivity contribution in [2.45, 2.75) is 32.1 Å². The molecule has 3 aromatic rings. The molecule has 0 radical (unpaired) electrons. The lowest BCUT2D eigenvalue weighted by Gasteiger charge is -2.22. The van der Waals surface area contributed by atoms with Crippen molar-refractivity contribution < 1.29 is 4.79 Å². The molecule has 7 heteroatoms. The van der Waals surface area contributed by atoms with Gasteiger partial charge >= 0.3 is 0 Å². The fourth-order valence-electron chi connectivity index (χ4n) is 2.76. The lowest BCUT2D eigenvalue weighted by Crippen LogP contribution is -2.16. The maximum absolute atomic E-state index is 12.8. The van der Waals surface area contributed by atoms with Gasteiger partial charge in [0.1, 0.15) is 10.8 Å². The molecule has 3 aromatic heterocycles. The van der Waals surface area contributed by atoms with Gasteiger partial charge in [0.2, 0.25) is 0 Å². The number of carbonyl (C=O) groups is 1. The summed E-state index contributed by atoms with van der Waals surface area (Å²) in [5, 5.41) is 7.90. The van der Waals surface area contributed by atoms with Crippen LogP contribution in [0.5, 0.6) is 0 Å². The van der Waals surface area contributed by atoms with Crippen LogP contribution in [0.4, 0.5) is 16.5 Å². The number of aromatic nitrogens is 3. The first-order chi connectivity index (χ1) is 12.7. The van der Waals surface area contributed by atoms with Gasteiger partial charge in [0.05, 0.1) is 16.9 Å². The Morgan fingerprint density at radius 3 is 2.77 bits per heavy atom.